The minimum atomic E-state index is 0.0793. The van der Waals surface area contributed by atoms with Crippen molar-refractivity contribution >= 4 is 17.7 Å². The van der Waals surface area contributed by atoms with E-state index in [0.717, 1.165) is 12.2 Å². The molecule has 1 atom stereocenters. The largest absolute Gasteiger partial charge is 0.371 e. The number of thioether (sulfide) groups is 1. The van der Waals surface area contributed by atoms with Gasteiger partial charge in [-0.2, -0.15) is 0 Å². The van der Waals surface area contributed by atoms with Crippen molar-refractivity contribution in [3.63, 3.8) is 0 Å². The van der Waals surface area contributed by atoms with Gasteiger partial charge in [-0.05, 0) is 23.3 Å². The highest BCUT2D eigenvalue weighted by Crippen LogP contribution is 2.20. The number of rotatable bonds is 6. The van der Waals surface area contributed by atoms with Crippen molar-refractivity contribution in [2.24, 2.45) is 0 Å². The van der Waals surface area contributed by atoms with Crippen molar-refractivity contribution in [2.75, 3.05) is 12.3 Å². The van der Waals surface area contributed by atoms with Crippen LogP contribution in [-0.4, -0.2) is 24.3 Å². The molecule has 23 heavy (non-hydrogen) atoms. The van der Waals surface area contributed by atoms with Crippen LogP contribution in [0.25, 0.3) is 0 Å². The number of amides is 1. The molecule has 0 fully saturated rings. The second kappa shape index (κ2) is 8.18. The molecular formula is C19H21NO2S. The van der Waals surface area contributed by atoms with E-state index in [0.29, 0.717) is 19.6 Å². The van der Waals surface area contributed by atoms with Crippen molar-refractivity contribution < 1.29 is 9.53 Å². The number of carbonyl (C=O) groups is 1. The number of nitrogens with one attached hydrogen (secondary N) is 1. The van der Waals surface area contributed by atoms with E-state index >= 15 is 0 Å². The molecule has 2 aromatic rings. The summed E-state index contributed by atoms with van der Waals surface area (Å²) in [6, 6.07) is 18.5. The molecule has 0 aliphatic carbocycles. The summed E-state index contributed by atoms with van der Waals surface area (Å²) in [6.07, 6.45) is 1.48. The van der Waals surface area contributed by atoms with Crippen LogP contribution < -0.4 is 5.32 Å². The van der Waals surface area contributed by atoms with Gasteiger partial charge in [-0.15, -0.1) is 11.8 Å². The third-order valence-corrected chi connectivity index (χ3v) is 4.92. The lowest BCUT2D eigenvalue weighted by Gasteiger charge is -2.25. The van der Waals surface area contributed by atoms with Gasteiger partial charge in [0.05, 0.1) is 12.7 Å². The summed E-state index contributed by atoms with van der Waals surface area (Å²) >= 11 is 1.71. The minimum absolute atomic E-state index is 0.0793. The topological polar surface area (TPSA) is 38.3 Å². The molecule has 0 spiro atoms. The van der Waals surface area contributed by atoms with Crippen LogP contribution in [0.15, 0.2) is 59.5 Å². The average molecular weight is 327 g/mol. The maximum atomic E-state index is 11.9. The van der Waals surface area contributed by atoms with E-state index in [9.17, 15) is 4.79 Å². The van der Waals surface area contributed by atoms with Crippen molar-refractivity contribution in [1.29, 1.82) is 0 Å². The minimum Gasteiger partial charge on any atom is -0.371 e. The normalized spacial score (nSPS) is 16.6. The molecule has 1 aliphatic heterocycles. The molecule has 3 nitrogen and oxygen atoms in total. The van der Waals surface area contributed by atoms with E-state index in [2.05, 4.69) is 35.6 Å². The number of benzene rings is 2. The Morgan fingerprint density at radius 3 is 2.65 bits per heavy atom. The van der Waals surface area contributed by atoms with Gasteiger partial charge in [0.2, 0.25) is 5.91 Å². The fourth-order valence-corrected chi connectivity index (χ4v) is 3.51. The number of hydrogen-bond donors (Lipinski definition) is 1. The zero-order valence-corrected chi connectivity index (χ0v) is 13.9. The van der Waals surface area contributed by atoms with Crippen LogP contribution in [-0.2, 0) is 22.6 Å². The molecule has 4 heteroatoms. The Hall–Kier alpha value is -1.78. The summed E-state index contributed by atoms with van der Waals surface area (Å²) in [5, 5.41) is 2.99. The van der Waals surface area contributed by atoms with Gasteiger partial charge < -0.3 is 10.1 Å². The first-order valence-corrected chi connectivity index (χ1v) is 8.93. The van der Waals surface area contributed by atoms with Crippen LogP contribution in [0, 0.1) is 0 Å². The fourth-order valence-electron chi connectivity index (χ4n) is 2.63. The zero-order valence-electron chi connectivity index (χ0n) is 13.0. The molecule has 1 aliphatic rings. The molecule has 0 radical (unpaired) electrons. The Kier molecular flexibility index (Phi) is 5.72. The van der Waals surface area contributed by atoms with Gasteiger partial charge >= 0.3 is 0 Å². The number of ether oxygens (including phenoxy) is 1. The molecular weight excluding hydrogens is 306 g/mol. The maximum absolute atomic E-state index is 11.9. The molecule has 3 rings (SSSR count). The molecule has 0 saturated carbocycles. The van der Waals surface area contributed by atoms with Crippen LogP contribution in [0.2, 0.25) is 0 Å². The lowest BCUT2D eigenvalue weighted by Crippen LogP contribution is -2.36. The Balaban J connectivity index is 1.37. The van der Waals surface area contributed by atoms with Gasteiger partial charge in [-0.1, -0.05) is 42.5 Å². The van der Waals surface area contributed by atoms with Crippen LogP contribution >= 0.6 is 11.8 Å². The smallest absolute Gasteiger partial charge is 0.220 e. The maximum Gasteiger partial charge on any atom is 0.220 e. The summed E-state index contributed by atoms with van der Waals surface area (Å²) < 4.78 is 5.81. The van der Waals surface area contributed by atoms with Gasteiger partial charge in [-0.25, -0.2) is 0 Å². The van der Waals surface area contributed by atoms with Gasteiger partial charge in [0, 0.05) is 30.0 Å². The predicted octanol–water partition coefficient (Wildman–Crippen LogP) is 3.43. The fraction of sp³-hybridized carbons (Fsp3) is 0.316. The van der Waals surface area contributed by atoms with E-state index in [-0.39, 0.29) is 12.0 Å². The highest BCUT2D eigenvalue weighted by molar-refractivity contribution is 7.99. The third kappa shape index (κ3) is 4.85. The van der Waals surface area contributed by atoms with Gasteiger partial charge in [0.15, 0.2) is 0 Å². The van der Waals surface area contributed by atoms with Gasteiger partial charge in [0.1, 0.15) is 0 Å². The van der Waals surface area contributed by atoms with Crippen LogP contribution in [0.3, 0.4) is 0 Å². The quantitative estimate of drug-likeness (QED) is 0.826. The second-order valence-electron chi connectivity index (χ2n) is 5.62. The summed E-state index contributed by atoms with van der Waals surface area (Å²) in [5.41, 5.74) is 2.59. The lowest BCUT2D eigenvalue weighted by molar-refractivity contribution is -0.121. The Labute approximate surface area is 141 Å². The summed E-state index contributed by atoms with van der Waals surface area (Å²) in [6.45, 7) is 1.23. The van der Waals surface area contributed by atoms with Crippen LogP contribution in [0.4, 0.5) is 0 Å². The second-order valence-corrected chi connectivity index (χ2v) is 6.79. The van der Waals surface area contributed by atoms with Crippen molar-refractivity contribution in [1.82, 2.24) is 5.32 Å². The number of fused-ring (bicyclic) bond motifs is 1. The zero-order chi connectivity index (χ0) is 15.9. The molecule has 1 amide bonds. The van der Waals surface area contributed by atoms with E-state index in [1.807, 2.05) is 24.3 Å². The SMILES string of the molecule is O=C(CCSc1ccccc1)NCC1Cc2ccccc2CO1. The molecule has 0 saturated heterocycles. The summed E-state index contributed by atoms with van der Waals surface area (Å²) in [5.74, 6) is 0.889. The highest BCUT2D eigenvalue weighted by Gasteiger charge is 2.19. The Bertz CT molecular complexity index is 645. The van der Waals surface area contributed by atoms with Gasteiger partial charge in [0.25, 0.3) is 0 Å². The van der Waals surface area contributed by atoms with E-state index in [1.54, 1.807) is 11.8 Å². The molecule has 1 N–H and O–H groups in total. The first kappa shape index (κ1) is 16.1. The molecule has 1 unspecified atom stereocenters. The molecule has 120 valence electrons. The number of carbonyl (C=O) groups excluding carboxylic acids is 1. The third-order valence-electron chi connectivity index (χ3n) is 3.91. The average Bonchev–Trinajstić information content (AvgIpc) is 2.61. The van der Waals surface area contributed by atoms with E-state index < -0.39 is 0 Å². The number of hydrogen-bond acceptors (Lipinski definition) is 3. The molecule has 2 aromatic carbocycles. The molecule has 1 heterocycles. The van der Waals surface area contributed by atoms with E-state index in [1.165, 1.54) is 16.0 Å². The van der Waals surface area contributed by atoms with Crippen molar-refractivity contribution in [3.05, 3.63) is 65.7 Å². The lowest BCUT2D eigenvalue weighted by atomic mass is 9.99. The summed E-state index contributed by atoms with van der Waals surface area (Å²) in [4.78, 5) is 13.1. The Morgan fingerprint density at radius 2 is 1.83 bits per heavy atom. The summed E-state index contributed by atoms with van der Waals surface area (Å²) in [7, 11) is 0. The standard InChI is InChI=1S/C19H21NO2S/c21-19(10-11-23-18-8-2-1-3-9-18)20-13-17-12-15-6-4-5-7-16(15)14-22-17/h1-9,17H,10-14H2,(H,20,21). The monoisotopic (exact) mass is 327 g/mol. The predicted molar refractivity (Wildman–Crippen MR) is 93.5 cm³/mol. The molecule has 0 aromatic heterocycles. The first-order valence-electron chi connectivity index (χ1n) is 7.94. The van der Waals surface area contributed by atoms with E-state index in [4.69, 9.17) is 4.74 Å². The van der Waals surface area contributed by atoms with Crippen LogP contribution in [0.5, 0.6) is 0 Å². The van der Waals surface area contributed by atoms with Crippen molar-refractivity contribution in [2.45, 2.75) is 30.4 Å². The highest BCUT2D eigenvalue weighted by atomic mass is 32.2. The first-order chi connectivity index (χ1) is 11.3. The molecule has 0 bridgehead atoms. The van der Waals surface area contributed by atoms with Gasteiger partial charge in [-0.3, -0.25) is 4.79 Å². The van der Waals surface area contributed by atoms with Crippen LogP contribution in [0.1, 0.15) is 17.5 Å². The van der Waals surface area contributed by atoms with Crippen molar-refractivity contribution in [3.8, 4) is 0 Å². The Morgan fingerprint density at radius 1 is 1.09 bits per heavy atom.